The fourth-order valence-corrected chi connectivity index (χ4v) is 4.46. The number of rotatable bonds is 11. The molecule has 0 saturated heterocycles. The van der Waals surface area contributed by atoms with Gasteiger partial charge in [-0.3, -0.25) is 9.10 Å². The summed E-state index contributed by atoms with van der Waals surface area (Å²) in [6.07, 6.45) is 2.71. The first kappa shape index (κ1) is 24.7. The first-order valence-corrected chi connectivity index (χ1v) is 12.4. The molecule has 0 fully saturated rings. The van der Waals surface area contributed by atoms with Crippen LogP contribution in [-0.2, 0) is 20.2 Å². The molecule has 2 rings (SSSR count). The minimum absolute atomic E-state index is 0.117. The van der Waals surface area contributed by atoms with Crippen molar-refractivity contribution in [2.24, 2.45) is 0 Å². The van der Waals surface area contributed by atoms with Crippen LogP contribution >= 0.6 is 0 Å². The second-order valence-corrected chi connectivity index (χ2v) is 10.4. The van der Waals surface area contributed by atoms with Gasteiger partial charge in [0, 0.05) is 6.04 Å². The van der Waals surface area contributed by atoms with Crippen LogP contribution in [0.1, 0.15) is 46.1 Å². The largest absolute Gasteiger partial charge is 0.494 e. The van der Waals surface area contributed by atoms with Crippen molar-refractivity contribution in [1.82, 2.24) is 5.32 Å². The van der Waals surface area contributed by atoms with Crippen LogP contribution in [0.3, 0.4) is 0 Å². The molecule has 0 aliphatic heterocycles. The monoisotopic (exact) mass is 446 g/mol. The molecule has 0 aromatic heterocycles. The van der Waals surface area contributed by atoms with Crippen LogP contribution in [-0.4, -0.2) is 39.8 Å². The van der Waals surface area contributed by atoms with Crippen molar-refractivity contribution in [2.75, 3.05) is 23.7 Å². The molecular formula is C24H34N2O4S. The van der Waals surface area contributed by atoms with Gasteiger partial charge in [-0.05, 0) is 55.0 Å². The molecule has 1 N–H and O–H groups in total. The Labute approximate surface area is 186 Å². The average Bonchev–Trinajstić information content (AvgIpc) is 2.70. The Morgan fingerprint density at radius 3 is 2.26 bits per heavy atom. The summed E-state index contributed by atoms with van der Waals surface area (Å²) in [5.74, 6) is 0.327. The van der Waals surface area contributed by atoms with E-state index in [0.29, 0.717) is 18.0 Å². The number of carbonyl (C=O) groups excluding carboxylic acids is 1. The van der Waals surface area contributed by atoms with Crippen molar-refractivity contribution in [3.63, 3.8) is 0 Å². The summed E-state index contributed by atoms with van der Waals surface area (Å²) in [5.41, 5.74) is 1.50. The lowest BCUT2D eigenvalue weighted by molar-refractivity contribution is -0.120. The summed E-state index contributed by atoms with van der Waals surface area (Å²) >= 11 is 0. The highest BCUT2D eigenvalue weighted by molar-refractivity contribution is 7.92. The van der Waals surface area contributed by atoms with Crippen molar-refractivity contribution in [3.8, 4) is 5.75 Å². The lowest BCUT2D eigenvalue weighted by Gasteiger charge is -2.30. The molecule has 0 radical (unpaired) electrons. The van der Waals surface area contributed by atoms with Crippen LogP contribution in [0.4, 0.5) is 5.69 Å². The van der Waals surface area contributed by atoms with Gasteiger partial charge in [0.1, 0.15) is 12.3 Å². The first-order valence-electron chi connectivity index (χ1n) is 10.6. The number of anilines is 1. The minimum Gasteiger partial charge on any atom is -0.494 e. The molecule has 0 aliphatic rings. The number of hydrogen-bond donors (Lipinski definition) is 1. The number of amides is 1. The number of sulfonamides is 1. The van der Waals surface area contributed by atoms with Gasteiger partial charge in [0.25, 0.3) is 0 Å². The number of nitrogens with one attached hydrogen (secondary N) is 1. The van der Waals surface area contributed by atoms with Crippen LogP contribution < -0.4 is 14.4 Å². The van der Waals surface area contributed by atoms with Gasteiger partial charge >= 0.3 is 0 Å². The minimum atomic E-state index is -3.63. The van der Waals surface area contributed by atoms with Crippen molar-refractivity contribution in [1.29, 1.82) is 0 Å². The number of hydrogen-bond acceptors (Lipinski definition) is 4. The number of ether oxygens (including phenoxy) is 1. The Bertz CT molecular complexity index is 941. The van der Waals surface area contributed by atoms with E-state index in [1.807, 2.05) is 32.0 Å². The second kappa shape index (κ2) is 10.7. The van der Waals surface area contributed by atoms with Crippen molar-refractivity contribution >= 4 is 21.6 Å². The van der Waals surface area contributed by atoms with Gasteiger partial charge in [0.15, 0.2) is 0 Å². The summed E-state index contributed by atoms with van der Waals surface area (Å²) in [7, 11) is -3.63. The fraction of sp³-hybridized carbons (Fsp3) is 0.458. The highest BCUT2D eigenvalue weighted by atomic mass is 32.2. The van der Waals surface area contributed by atoms with Gasteiger partial charge in [0.2, 0.25) is 15.9 Å². The van der Waals surface area contributed by atoms with Gasteiger partial charge in [-0.1, -0.05) is 51.1 Å². The third kappa shape index (κ3) is 7.58. The molecule has 0 bridgehead atoms. The van der Waals surface area contributed by atoms with Gasteiger partial charge in [-0.25, -0.2) is 8.42 Å². The second-order valence-electron chi connectivity index (χ2n) is 8.53. The molecule has 1 unspecified atom stereocenters. The molecule has 2 aromatic rings. The van der Waals surface area contributed by atoms with Crippen LogP contribution in [0.2, 0.25) is 0 Å². The Hall–Kier alpha value is -2.54. The zero-order valence-corrected chi connectivity index (χ0v) is 19.9. The highest BCUT2D eigenvalue weighted by Gasteiger charge is 2.26. The number of benzene rings is 2. The standard InChI is InChI=1S/C24H34N2O4S/c1-6-16-30-22-14-12-21(13-15-22)26(31(5,28)29)18-23(27)25-19(2)17-24(3,4)20-10-8-7-9-11-20/h7-15,19H,6,16-18H2,1-5H3,(H,25,27). The molecule has 0 spiro atoms. The Morgan fingerprint density at radius 1 is 1.10 bits per heavy atom. The van der Waals surface area contributed by atoms with E-state index in [0.717, 1.165) is 23.4 Å². The molecule has 0 saturated carbocycles. The van der Waals surface area contributed by atoms with Crippen LogP contribution in [0.15, 0.2) is 54.6 Å². The lowest BCUT2D eigenvalue weighted by Crippen LogP contribution is -2.44. The first-order chi connectivity index (χ1) is 14.5. The van der Waals surface area contributed by atoms with Crippen LogP contribution in [0.25, 0.3) is 0 Å². The molecule has 1 atom stereocenters. The SMILES string of the molecule is CCCOc1ccc(N(CC(=O)NC(C)CC(C)(C)c2ccccc2)S(C)(=O)=O)cc1. The van der Waals surface area contributed by atoms with E-state index >= 15 is 0 Å². The molecular weight excluding hydrogens is 412 g/mol. The maximum atomic E-state index is 12.7. The number of nitrogens with zero attached hydrogens (tertiary/aromatic N) is 1. The smallest absolute Gasteiger partial charge is 0.240 e. The van der Waals surface area contributed by atoms with E-state index < -0.39 is 10.0 Å². The molecule has 6 nitrogen and oxygen atoms in total. The van der Waals surface area contributed by atoms with Gasteiger partial charge in [0.05, 0.1) is 18.6 Å². The quantitative estimate of drug-likeness (QED) is 0.564. The topological polar surface area (TPSA) is 75.7 Å². The predicted molar refractivity (Wildman–Crippen MR) is 126 cm³/mol. The van der Waals surface area contributed by atoms with Crippen molar-refractivity contribution in [2.45, 2.75) is 52.0 Å². The molecule has 31 heavy (non-hydrogen) atoms. The van der Waals surface area contributed by atoms with E-state index in [-0.39, 0.29) is 23.9 Å². The Morgan fingerprint density at radius 2 is 1.71 bits per heavy atom. The average molecular weight is 447 g/mol. The molecule has 1 amide bonds. The summed E-state index contributed by atoms with van der Waals surface area (Å²) in [4.78, 5) is 12.7. The zero-order valence-electron chi connectivity index (χ0n) is 19.1. The van der Waals surface area contributed by atoms with Crippen molar-refractivity contribution < 1.29 is 17.9 Å². The molecule has 0 aliphatic carbocycles. The van der Waals surface area contributed by atoms with Gasteiger partial charge in [-0.2, -0.15) is 0 Å². The molecule has 7 heteroatoms. The maximum absolute atomic E-state index is 12.7. The summed E-state index contributed by atoms with van der Waals surface area (Å²) in [5, 5.41) is 2.95. The zero-order chi connectivity index (χ0) is 23.1. The van der Waals surface area contributed by atoms with E-state index in [9.17, 15) is 13.2 Å². The van der Waals surface area contributed by atoms with Crippen LogP contribution in [0, 0.1) is 0 Å². The van der Waals surface area contributed by atoms with E-state index in [1.165, 1.54) is 5.56 Å². The van der Waals surface area contributed by atoms with E-state index in [4.69, 9.17) is 4.74 Å². The summed E-state index contributed by atoms with van der Waals surface area (Å²) < 4.78 is 31.3. The van der Waals surface area contributed by atoms with E-state index in [1.54, 1.807) is 24.3 Å². The third-order valence-corrected chi connectivity index (χ3v) is 6.20. The Kier molecular flexibility index (Phi) is 8.51. The maximum Gasteiger partial charge on any atom is 0.240 e. The third-order valence-electron chi connectivity index (χ3n) is 5.06. The summed E-state index contributed by atoms with van der Waals surface area (Å²) in [6, 6.07) is 16.8. The van der Waals surface area contributed by atoms with Crippen molar-refractivity contribution in [3.05, 3.63) is 60.2 Å². The molecule has 2 aromatic carbocycles. The van der Waals surface area contributed by atoms with Gasteiger partial charge < -0.3 is 10.1 Å². The summed E-state index contributed by atoms with van der Waals surface area (Å²) in [6.45, 7) is 8.54. The normalized spacial score (nSPS) is 12.8. The fourth-order valence-electron chi connectivity index (χ4n) is 3.60. The highest BCUT2D eigenvalue weighted by Crippen LogP contribution is 2.28. The van der Waals surface area contributed by atoms with Gasteiger partial charge in [-0.15, -0.1) is 0 Å². The lowest BCUT2D eigenvalue weighted by atomic mass is 9.79. The molecule has 0 heterocycles. The predicted octanol–water partition coefficient (Wildman–Crippen LogP) is 4.11. The Balaban J connectivity index is 2.04. The number of carbonyl (C=O) groups is 1. The molecule has 170 valence electrons. The van der Waals surface area contributed by atoms with E-state index in [2.05, 4.69) is 31.3 Å². The van der Waals surface area contributed by atoms with Crippen LogP contribution in [0.5, 0.6) is 5.75 Å².